The molecule has 1 heterocycles. The van der Waals surface area contributed by atoms with E-state index in [4.69, 9.17) is 35.3 Å². The molecule has 0 saturated carbocycles. The molecule has 0 aliphatic carbocycles. The van der Waals surface area contributed by atoms with E-state index in [1.807, 2.05) is 6.07 Å². The van der Waals surface area contributed by atoms with E-state index in [1.165, 1.54) is 5.56 Å². The minimum Gasteiger partial charge on any atom is -0.379 e. The number of rotatable bonds is 22. The number of hydrogen-bond donors (Lipinski definition) is 0. The minimum absolute atomic E-state index is 0.360. The highest BCUT2D eigenvalue weighted by Gasteiger charge is 2.49. The fourth-order valence-electron chi connectivity index (χ4n) is 5.66. The van der Waals surface area contributed by atoms with E-state index in [0.29, 0.717) is 50.0 Å². The molecule has 0 aromatic heterocycles. The monoisotopic (exact) mass is 644 g/mol. The molecule has 0 N–H and O–H groups in total. The van der Waals surface area contributed by atoms with Crippen LogP contribution in [-0.2, 0) is 36.5 Å². The van der Waals surface area contributed by atoms with Crippen molar-refractivity contribution in [3.63, 3.8) is 0 Å². The Morgan fingerprint density at radius 3 is 1.87 bits per heavy atom. The van der Waals surface area contributed by atoms with Crippen LogP contribution in [0.25, 0.3) is 0 Å². The number of unbranched alkanes of at least 4 members (excludes halogenated alkanes) is 4. The molecule has 2 aromatic rings. The zero-order valence-corrected chi connectivity index (χ0v) is 29.1. The maximum Gasteiger partial charge on any atom is 0.150 e. The van der Waals surface area contributed by atoms with Gasteiger partial charge in [0.2, 0.25) is 0 Å². The van der Waals surface area contributed by atoms with Crippen molar-refractivity contribution in [1.29, 1.82) is 0 Å². The third-order valence-corrected chi connectivity index (χ3v) is 8.85. The molecule has 45 heavy (non-hydrogen) atoms. The van der Waals surface area contributed by atoms with Gasteiger partial charge >= 0.3 is 0 Å². The van der Waals surface area contributed by atoms with Crippen LogP contribution in [0.2, 0.25) is 5.02 Å². The molecule has 0 bridgehead atoms. The van der Waals surface area contributed by atoms with E-state index in [0.717, 1.165) is 80.8 Å². The molecule has 2 aromatic carbocycles. The highest BCUT2D eigenvalue weighted by atomic mass is 35.5. The molecule has 252 valence electrons. The Kier molecular flexibility index (Phi) is 17.7. The lowest BCUT2D eigenvalue weighted by molar-refractivity contribution is -0.268. The van der Waals surface area contributed by atoms with Crippen LogP contribution in [0, 0.1) is 0 Å². The second kappa shape index (κ2) is 21.1. The molecular weight excluding hydrogens is 588 g/mol. The lowest BCUT2D eigenvalue weighted by Gasteiger charge is -2.46. The molecule has 3 rings (SSSR count). The summed E-state index contributed by atoms with van der Waals surface area (Å²) in [5, 5.41) is 0.565. The van der Waals surface area contributed by atoms with Crippen molar-refractivity contribution in [2.75, 3.05) is 33.0 Å². The smallest absolute Gasteiger partial charge is 0.150 e. The van der Waals surface area contributed by atoms with Crippen molar-refractivity contribution in [3.05, 3.63) is 69.2 Å². The Balaban J connectivity index is 2.07. The molecule has 1 fully saturated rings. The molecule has 0 unspecified atom stereocenters. The Labute approximate surface area is 277 Å². The molecule has 0 radical (unpaired) electrons. The second-order valence-electron chi connectivity index (χ2n) is 12.1. The molecule has 1 saturated heterocycles. The van der Waals surface area contributed by atoms with Crippen LogP contribution >= 0.6 is 11.6 Å². The van der Waals surface area contributed by atoms with Gasteiger partial charge in [0.15, 0.2) is 0 Å². The van der Waals surface area contributed by atoms with Gasteiger partial charge in [-0.25, -0.2) is 0 Å². The van der Waals surface area contributed by atoms with E-state index in [1.54, 1.807) is 6.07 Å². The van der Waals surface area contributed by atoms with Gasteiger partial charge in [-0.2, -0.15) is 0 Å². The largest absolute Gasteiger partial charge is 0.379 e. The maximum atomic E-state index is 12.6. The van der Waals surface area contributed by atoms with E-state index in [-0.39, 0.29) is 18.3 Å². The number of aryl methyl sites for hydroxylation is 1. The second-order valence-corrected chi connectivity index (χ2v) is 12.5. The summed E-state index contributed by atoms with van der Waals surface area (Å²) in [5.74, 6) is 0. The Bertz CT molecular complexity index is 1110. The van der Waals surface area contributed by atoms with E-state index in [9.17, 15) is 4.79 Å². The minimum atomic E-state index is -0.557. The average molecular weight is 645 g/mol. The normalized spacial score (nSPS) is 21.7. The first-order valence-electron chi connectivity index (χ1n) is 17.4. The molecule has 0 amide bonds. The summed E-state index contributed by atoms with van der Waals surface area (Å²) < 4.78 is 33.0. The molecular formula is C38H57ClO6. The van der Waals surface area contributed by atoms with Gasteiger partial charge in [0, 0.05) is 37.0 Å². The van der Waals surface area contributed by atoms with Crippen molar-refractivity contribution in [1.82, 2.24) is 0 Å². The van der Waals surface area contributed by atoms with E-state index >= 15 is 0 Å². The molecule has 5 atom stereocenters. The van der Waals surface area contributed by atoms with Gasteiger partial charge in [0.25, 0.3) is 0 Å². The summed E-state index contributed by atoms with van der Waals surface area (Å²) in [4.78, 5) is 12.6. The third kappa shape index (κ3) is 11.4. The summed E-state index contributed by atoms with van der Waals surface area (Å²) in [5.41, 5.74) is 4.67. The number of halogens is 1. The summed E-state index contributed by atoms with van der Waals surface area (Å²) >= 11 is 6.80. The lowest BCUT2D eigenvalue weighted by atomic mass is 9.87. The predicted molar refractivity (Wildman–Crippen MR) is 183 cm³/mol. The fraction of sp³-hybridized carbons (Fsp3) is 0.658. The van der Waals surface area contributed by atoms with Crippen LogP contribution in [-0.4, -0.2) is 63.7 Å². The number of carbonyl (C=O) groups excluding carboxylic acids is 1. The highest BCUT2D eigenvalue weighted by molar-refractivity contribution is 6.31. The molecule has 6 nitrogen and oxygen atoms in total. The fourth-order valence-corrected chi connectivity index (χ4v) is 5.90. The average Bonchev–Trinajstić information content (AvgIpc) is 3.05. The lowest BCUT2D eigenvalue weighted by Crippen LogP contribution is -2.58. The number of carbonyl (C=O) groups is 1. The first-order valence-corrected chi connectivity index (χ1v) is 17.8. The van der Waals surface area contributed by atoms with Crippen molar-refractivity contribution < 1.29 is 28.5 Å². The standard InChI is InChI=1S/C38H57ClO6/c1-6-11-19-41-27-34-36(42-20-12-7-2)38(44-22-14-9-4)37(43-21-13-8-3)35(45-34)32-24-30(33(39)25-31(32)26-40)23-29-17-15-28(10-5)16-18-29/h15-18,24-26,34-38H,6-14,19-23,27H2,1-5H3/t34-,35+,36-,37+,38+/m1/s1. The summed E-state index contributed by atoms with van der Waals surface area (Å²) in [7, 11) is 0. The van der Waals surface area contributed by atoms with E-state index < -0.39 is 12.2 Å². The van der Waals surface area contributed by atoms with Gasteiger partial charge in [0.1, 0.15) is 36.8 Å². The first kappa shape index (κ1) is 37.7. The van der Waals surface area contributed by atoms with Gasteiger partial charge in [-0.3, -0.25) is 4.79 Å². The van der Waals surface area contributed by atoms with Gasteiger partial charge in [0.05, 0.1) is 6.61 Å². The molecule has 7 heteroatoms. The molecule has 0 spiro atoms. The van der Waals surface area contributed by atoms with Crippen molar-refractivity contribution in [3.8, 4) is 0 Å². The van der Waals surface area contributed by atoms with Crippen LogP contribution in [0.5, 0.6) is 0 Å². The topological polar surface area (TPSA) is 63.2 Å². The number of hydrogen-bond acceptors (Lipinski definition) is 6. The summed E-state index contributed by atoms with van der Waals surface area (Å²) in [6, 6.07) is 12.4. The molecule has 1 aliphatic heterocycles. The van der Waals surface area contributed by atoms with Gasteiger partial charge < -0.3 is 23.7 Å². The first-order chi connectivity index (χ1) is 22.0. The van der Waals surface area contributed by atoms with Crippen LogP contribution in [0.4, 0.5) is 0 Å². The van der Waals surface area contributed by atoms with Gasteiger partial charge in [-0.1, -0.05) is 102 Å². The zero-order valence-electron chi connectivity index (χ0n) is 28.4. The summed E-state index contributed by atoms with van der Waals surface area (Å²) in [6.07, 6.45) is 8.23. The van der Waals surface area contributed by atoms with Crippen molar-refractivity contribution in [2.45, 2.75) is 129 Å². The third-order valence-electron chi connectivity index (χ3n) is 8.49. The zero-order chi connectivity index (χ0) is 32.4. The SMILES string of the molecule is CCCCOC[C@H]1O[C@@H](c2cc(Cc3ccc(CC)cc3)c(Cl)cc2C=O)[C@H](OCCCC)[C@@H](OCCCC)[C@@H]1OCCCC. The highest BCUT2D eigenvalue weighted by Crippen LogP contribution is 2.40. The van der Waals surface area contributed by atoms with Gasteiger partial charge in [-0.15, -0.1) is 0 Å². The van der Waals surface area contributed by atoms with Crippen LogP contribution in [0.15, 0.2) is 36.4 Å². The van der Waals surface area contributed by atoms with Crippen molar-refractivity contribution >= 4 is 17.9 Å². The van der Waals surface area contributed by atoms with Crippen LogP contribution in [0.1, 0.15) is 125 Å². The Hall–Kier alpha value is -1.80. The molecule has 1 aliphatic rings. The number of ether oxygens (including phenoxy) is 5. The van der Waals surface area contributed by atoms with E-state index in [2.05, 4.69) is 58.9 Å². The summed E-state index contributed by atoms with van der Waals surface area (Å²) in [6.45, 7) is 13.6. The van der Waals surface area contributed by atoms with Crippen LogP contribution < -0.4 is 0 Å². The van der Waals surface area contributed by atoms with Gasteiger partial charge in [-0.05, 0) is 66.8 Å². The van der Waals surface area contributed by atoms with Crippen LogP contribution in [0.3, 0.4) is 0 Å². The Morgan fingerprint density at radius 1 is 0.733 bits per heavy atom. The number of benzene rings is 2. The number of aldehydes is 1. The van der Waals surface area contributed by atoms with Crippen molar-refractivity contribution in [2.24, 2.45) is 0 Å². The predicted octanol–water partition coefficient (Wildman–Crippen LogP) is 9.12. The quantitative estimate of drug-likeness (QED) is 0.0941. The Morgan fingerprint density at radius 2 is 1.29 bits per heavy atom. The maximum absolute atomic E-state index is 12.6.